The van der Waals surface area contributed by atoms with E-state index in [1.165, 1.54) is 25.6 Å². The molecular formula is C15H24N4O2. The molecule has 2 saturated heterocycles. The van der Waals surface area contributed by atoms with E-state index in [0.29, 0.717) is 24.2 Å². The fourth-order valence-corrected chi connectivity index (χ4v) is 3.23. The number of carbonyl (C=O) groups is 1. The fourth-order valence-electron chi connectivity index (χ4n) is 3.23. The molecule has 3 rings (SSSR count). The molecule has 2 atom stereocenters. The molecule has 21 heavy (non-hydrogen) atoms. The van der Waals surface area contributed by atoms with Gasteiger partial charge in [-0.05, 0) is 52.2 Å². The normalized spacial score (nSPS) is 26.3. The van der Waals surface area contributed by atoms with Crippen molar-refractivity contribution in [3.63, 3.8) is 0 Å². The lowest BCUT2D eigenvalue weighted by Gasteiger charge is -2.18. The molecule has 0 aliphatic carbocycles. The van der Waals surface area contributed by atoms with Gasteiger partial charge in [-0.1, -0.05) is 0 Å². The highest BCUT2D eigenvalue weighted by molar-refractivity contribution is 5.91. The standard InChI is InChI=1S/C15H24N4O2/c1-19-9-3-4-11(19)6-8-17-14(20)13-10-21-15(18-13)12-5-2-7-16-12/h10-12,16H,2-9H2,1H3,(H,17,20). The van der Waals surface area contributed by atoms with Gasteiger partial charge in [-0.3, -0.25) is 4.79 Å². The van der Waals surface area contributed by atoms with E-state index in [-0.39, 0.29) is 11.9 Å². The summed E-state index contributed by atoms with van der Waals surface area (Å²) in [5.74, 6) is 0.497. The molecule has 2 N–H and O–H groups in total. The van der Waals surface area contributed by atoms with E-state index in [9.17, 15) is 4.79 Å². The predicted molar refractivity (Wildman–Crippen MR) is 79.1 cm³/mol. The van der Waals surface area contributed by atoms with Crippen LogP contribution >= 0.6 is 0 Å². The van der Waals surface area contributed by atoms with Crippen LogP contribution in [-0.4, -0.2) is 48.5 Å². The monoisotopic (exact) mass is 292 g/mol. The van der Waals surface area contributed by atoms with Crippen LogP contribution in [0.25, 0.3) is 0 Å². The predicted octanol–water partition coefficient (Wildman–Crippen LogP) is 1.31. The summed E-state index contributed by atoms with van der Waals surface area (Å²) in [6.07, 6.45) is 7.10. The first-order valence-electron chi connectivity index (χ1n) is 7.91. The van der Waals surface area contributed by atoms with Gasteiger partial charge in [0.05, 0.1) is 6.04 Å². The van der Waals surface area contributed by atoms with Crippen LogP contribution in [0.2, 0.25) is 0 Å². The highest BCUT2D eigenvalue weighted by Crippen LogP contribution is 2.22. The maximum Gasteiger partial charge on any atom is 0.273 e. The zero-order valence-electron chi connectivity index (χ0n) is 12.6. The Morgan fingerprint density at radius 1 is 1.52 bits per heavy atom. The Labute approximate surface area is 125 Å². The van der Waals surface area contributed by atoms with Crippen LogP contribution in [0.1, 0.15) is 54.5 Å². The minimum absolute atomic E-state index is 0.136. The van der Waals surface area contributed by atoms with E-state index >= 15 is 0 Å². The average Bonchev–Trinajstić information content (AvgIpc) is 3.19. The topological polar surface area (TPSA) is 70.4 Å². The summed E-state index contributed by atoms with van der Waals surface area (Å²) in [6.45, 7) is 2.85. The molecule has 1 amide bonds. The van der Waals surface area contributed by atoms with E-state index in [2.05, 4.69) is 27.6 Å². The Hall–Kier alpha value is -1.40. The van der Waals surface area contributed by atoms with E-state index < -0.39 is 0 Å². The van der Waals surface area contributed by atoms with Crippen LogP contribution in [0, 0.1) is 0 Å². The van der Waals surface area contributed by atoms with Gasteiger partial charge in [0.15, 0.2) is 5.69 Å². The zero-order chi connectivity index (χ0) is 14.7. The molecule has 0 bridgehead atoms. The van der Waals surface area contributed by atoms with E-state index in [1.807, 2.05) is 0 Å². The first kappa shape index (κ1) is 14.5. The molecule has 0 radical (unpaired) electrons. The van der Waals surface area contributed by atoms with Crippen LogP contribution in [0.4, 0.5) is 0 Å². The third kappa shape index (κ3) is 3.44. The minimum Gasteiger partial charge on any atom is -0.446 e. The van der Waals surface area contributed by atoms with Crippen molar-refractivity contribution in [1.29, 1.82) is 0 Å². The van der Waals surface area contributed by atoms with Crippen molar-refractivity contribution < 1.29 is 9.21 Å². The highest BCUT2D eigenvalue weighted by Gasteiger charge is 2.23. The molecule has 2 fully saturated rings. The molecule has 116 valence electrons. The Morgan fingerprint density at radius 2 is 2.43 bits per heavy atom. The van der Waals surface area contributed by atoms with Crippen molar-refractivity contribution in [1.82, 2.24) is 20.5 Å². The number of nitrogens with one attached hydrogen (secondary N) is 2. The molecule has 0 spiro atoms. The van der Waals surface area contributed by atoms with Crippen LogP contribution in [0.5, 0.6) is 0 Å². The Kier molecular flexibility index (Phi) is 4.55. The van der Waals surface area contributed by atoms with Gasteiger partial charge < -0.3 is 20.0 Å². The van der Waals surface area contributed by atoms with Crippen molar-refractivity contribution in [3.8, 4) is 0 Å². The van der Waals surface area contributed by atoms with Crippen molar-refractivity contribution in [3.05, 3.63) is 17.8 Å². The number of oxazole rings is 1. The van der Waals surface area contributed by atoms with Crippen molar-refractivity contribution in [2.24, 2.45) is 0 Å². The maximum absolute atomic E-state index is 12.1. The first-order chi connectivity index (χ1) is 10.2. The number of rotatable bonds is 5. The lowest BCUT2D eigenvalue weighted by Crippen LogP contribution is -2.32. The van der Waals surface area contributed by atoms with Gasteiger partial charge in [0.1, 0.15) is 6.26 Å². The lowest BCUT2D eigenvalue weighted by atomic mass is 10.1. The highest BCUT2D eigenvalue weighted by atomic mass is 16.3. The second kappa shape index (κ2) is 6.58. The van der Waals surface area contributed by atoms with E-state index in [1.54, 1.807) is 0 Å². The average molecular weight is 292 g/mol. The summed E-state index contributed by atoms with van der Waals surface area (Å²) >= 11 is 0. The van der Waals surface area contributed by atoms with Gasteiger partial charge in [0, 0.05) is 12.6 Å². The van der Waals surface area contributed by atoms with Crippen LogP contribution in [-0.2, 0) is 0 Å². The third-order valence-corrected chi connectivity index (χ3v) is 4.55. The molecule has 2 unspecified atom stereocenters. The fraction of sp³-hybridized carbons (Fsp3) is 0.733. The van der Waals surface area contributed by atoms with Crippen molar-refractivity contribution in [2.75, 3.05) is 26.7 Å². The molecule has 6 heteroatoms. The largest absolute Gasteiger partial charge is 0.446 e. The lowest BCUT2D eigenvalue weighted by molar-refractivity contribution is 0.0945. The Balaban J connectivity index is 1.46. The zero-order valence-corrected chi connectivity index (χ0v) is 12.6. The van der Waals surface area contributed by atoms with Crippen molar-refractivity contribution >= 4 is 5.91 Å². The number of hydrogen-bond donors (Lipinski definition) is 2. The molecule has 0 aromatic carbocycles. The van der Waals surface area contributed by atoms with Gasteiger partial charge in [-0.25, -0.2) is 4.98 Å². The number of aromatic nitrogens is 1. The van der Waals surface area contributed by atoms with Gasteiger partial charge in [0.25, 0.3) is 5.91 Å². The summed E-state index contributed by atoms with van der Waals surface area (Å²) < 4.78 is 5.42. The summed E-state index contributed by atoms with van der Waals surface area (Å²) in [5, 5.41) is 6.26. The summed E-state index contributed by atoms with van der Waals surface area (Å²) in [4.78, 5) is 18.7. The SMILES string of the molecule is CN1CCCC1CCNC(=O)c1coc(C2CCCN2)n1. The summed E-state index contributed by atoms with van der Waals surface area (Å²) in [5.41, 5.74) is 0.387. The third-order valence-electron chi connectivity index (χ3n) is 4.55. The Morgan fingerprint density at radius 3 is 3.14 bits per heavy atom. The molecular weight excluding hydrogens is 268 g/mol. The van der Waals surface area contributed by atoms with E-state index in [4.69, 9.17) is 4.42 Å². The Bertz CT molecular complexity index is 482. The molecule has 6 nitrogen and oxygen atoms in total. The minimum atomic E-state index is -0.136. The number of amides is 1. The second-order valence-corrected chi connectivity index (χ2v) is 6.04. The van der Waals surface area contributed by atoms with Crippen LogP contribution in [0.15, 0.2) is 10.7 Å². The molecule has 1 aromatic rings. The van der Waals surface area contributed by atoms with Gasteiger partial charge in [-0.15, -0.1) is 0 Å². The van der Waals surface area contributed by atoms with E-state index in [0.717, 1.165) is 25.8 Å². The number of hydrogen-bond acceptors (Lipinski definition) is 5. The molecule has 2 aliphatic rings. The van der Waals surface area contributed by atoms with Gasteiger partial charge in [-0.2, -0.15) is 0 Å². The van der Waals surface area contributed by atoms with Gasteiger partial charge >= 0.3 is 0 Å². The molecule has 3 heterocycles. The number of carbonyl (C=O) groups excluding carboxylic acids is 1. The molecule has 1 aromatic heterocycles. The van der Waals surface area contributed by atoms with Gasteiger partial charge in [0.2, 0.25) is 5.89 Å². The number of likely N-dealkylation sites (tertiary alicyclic amines) is 1. The summed E-state index contributed by atoms with van der Waals surface area (Å²) in [6, 6.07) is 0.763. The maximum atomic E-state index is 12.1. The quantitative estimate of drug-likeness (QED) is 0.856. The second-order valence-electron chi connectivity index (χ2n) is 6.04. The first-order valence-corrected chi connectivity index (χ1v) is 7.91. The van der Waals surface area contributed by atoms with Crippen molar-refractivity contribution in [2.45, 2.75) is 44.2 Å². The summed E-state index contributed by atoms with van der Waals surface area (Å²) in [7, 11) is 2.15. The molecule has 0 saturated carbocycles. The number of nitrogens with zero attached hydrogens (tertiary/aromatic N) is 2. The van der Waals surface area contributed by atoms with Crippen LogP contribution in [0.3, 0.4) is 0 Å². The molecule has 2 aliphatic heterocycles. The smallest absolute Gasteiger partial charge is 0.273 e. The van der Waals surface area contributed by atoms with Crippen LogP contribution < -0.4 is 10.6 Å².